The van der Waals surface area contributed by atoms with Gasteiger partial charge in [0.1, 0.15) is 48.5 Å². The highest BCUT2D eigenvalue weighted by Crippen LogP contribution is 2.29. The van der Waals surface area contributed by atoms with Gasteiger partial charge < -0.3 is 54.7 Å². The summed E-state index contributed by atoms with van der Waals surface area (Å²) in [5, 5.41) is 69.6. The van der Waals surface area contributed by atoms with E-state index >= 15 is 0 Å². The summed E-state index contributed by atoms with van der Waals surface area (Å²) in [5.74, 6) is 0.145. The Morgan fingerprint density at radius 2 is 1.52 bits per heavy atom. The standard InChI is InChI=1S/C20H30O11/c1-9-13(23)18(31-20-16(26)15(25)14(24)12(8-21)30-20)17(27)19(29-9)28-7-6-10-2-4-11(22)5-3-10/h2-5,9,12-27H,6-8H2,1H3/t9-,12+,13+,14+,15-,16+,17+,18+,19+,20-/m0/s1. The largest absolute Gasteiger partial charge is 0.508 e. The van der Waals surface area contributed by atoms with Crippen LogP contribution in [0.3, 0.4) is 0 Å². The van der Waals surface area contributed by atoms with E-state index in [-0.39, 0.29) is 12.4 Å². The van der Waals surface area contributed by atoms with Crippen molar-refractivity contribution < 1.29 is 54.7 Å². The van der Waals surface area contributed by atoms with E-state index in [2.05, 4.69) is 0 Å². The third-order valence-corrected chi connectivity index (χ3v) is 5.53. The number of aromatic hydroxyl groups is 1. The molecular weight excluding hydrogens is 416 g/mol. The quantitative estimate of drug-likeness (QED) is 0.237. The van der Waals surface area contributed by atoms with Crippen LogP contribution in [0.1, 0.15) is 12.5 Å². The van der Waals surface area contributed by atoms with Crippen LogP contribution >= 0.6 is 0 Å². The molecule has 0 bridgehead atoms. The van der Waals surface area contributed by atoms with Crippen LogP contribution in [0.2, 0.25) is 0 Å². The lowest BCUT2D eigenvalue weighted by Gasteiger charge is -2.45. The summed E-state index contributed by atoms with van der Waals surface area (Å²) in [5.41, 5.74) is 0.894. The molecule has 2 aliphatic rings. The van der Waals surface area contributed by atoms with E-state index in [1.165, 1.54) is 0 Å². The van der Waals surface area contributed by atoms with Gasteiger partial charge in [0.15, 0.2) is 12.6 Å². The van der Waals surface area contributed by atoms with Crippen molar-refractivity contribution in [2.75, 3.05) is 13.2 Å². The highest BCUT2D eigenvalue weighted by atomic mass is 16.7. The first-order valence-corrected chi connectivity index (χ1v) is 10.1. The van der Waals surface area contributed by atoms with Gasteiger partial charge in [0.2, 0.25) is 0 Å². The van der Waals surface area contributed by atoms with Crippen LogP contribution in [0.5, 0.6) is 5.75 Å². The molecule has 176 valence electrons. The summed E-state index contributed by atoms with van der Waals surface area (Å²) < 4.78 is 22.0. The van der Waals surface area contributed by atoms with Crippen molar-refractivity contribution in [1.29, 1.82) is 0 Å². The summed E-state index contributed by atoms with van der Waals surface area (Å²) in [4.78, 5) is 0. The molecule has 10 atom stereocenters. The van der Waals surface area contributed by atoms with Crippen LogP contribution < -0.4 is 0 Å². The maximum absolute atomic E-state index is 10.6. The van der Waals surface area contributed by atoms with Gasteiger partial charge >= 0.3 is 0 Å². The molecule has 2 aliphatic heterocycles. The lowest BCUT2D eigenvalue weighted by atomic mass is 9.97. The Morgan fingerprint density at radius 3 is 2.16 bits per heavy atom. The minimum absolute atomic E-state index is 0.145. The van der Waals surface area contributed by atoms with Gasteiger partial charge in [-0.05, 0) is 31.0 Å². The number of phenolic OH excluding ortho intramolecular Hbond substituents is 1. The normalized spacial score (nSPS) is 41.3. The molecule has 3 rings (SSSR count). The molecular formula is C20H30O11. The zero-order valence-electron chi connectivity index (χ0n) is 17.0. The van der Waals surface area contributed by atoms with Crippen LogP contribution in [0.4, 0.5) is 0 Å². The van der Waals surface area contributed by atoms with E-state index in [0.717, 1.165) is 5.56 Å². The van der Waals surface area contributed by atoms with Crippen molar-refractivity contribution in [3.8, 4) is 5.75 Å². The second-order valence-corrected chi connectivity index (χ2v) is 7.78. The van der Waals surface area contributed by atoms with E-state index in [4.69, 9.17) is 18.9 Å². The monoisotopic (exact) mass is 446 g/mol. The molecule has 0 aliphatic carbocycles. The van der Waals surface area contributed by atoms with Gasteiger partial charge in [-0.15, -0.1) is 0 Å². The molecule has 7 N–H and O–H groups in total. The van der Waals surface area contributed by atoms with Crippen LogP contribution in [0.15, 0.2) is 24.3 Å². The summed E-state index contributed by atoms with van der Waals surface area (Å²) in [6, 6.07) is 6.55. The van der Waals surface area contributed by atoms with Gasteiger partial charge in [0.25, 0.3) is 0 Å². The van der Waals surface area contributed by atoms with E-state index in [1.54, 1.807) is 31.2 Å². The summed E-state index contributed by atoms with van der Waals surface area (Å²) in [6.07, 6.45) is -13.1. The SMILES string of the molecule is C[C@@H]1O[C@@H](OCCc2ccc(O)cc2)[C@H](O)[C@H](O[C@@H]2O[C@H](CO)[C@@H](O)[C@H](O)[C@H]2O)[C@@H]1O. The van der Waals surface area contributed by atoms with Gasteiger partial charge in [0, 0.05) is 0 Å². The lowest BCUT2D eigenvalue weighted by Crippen LogP contribution is -2.64. The van der Waals surface area contributed by atoms with Gasteiger partial charge in [-0.2, -0.15) is 0 Å². The second kappa shape index (κ2) is 10.5. The molecule has 0 unspecified atom stereocenters. The van der Waals surface area contributed by atoms with E-state index in [0.29, 0.717) is 6.42 Å². The average Bonchev–Trinajstić information content (AvgIpc) is 2.76. The van der Waals surface area contributed by atoms with Gasteiger partial charge in [-0.25, -0.2) is 0 Å². The first-order chi connectivity index (χ1) is 14.7. The molecule has 0 saturated carbocycles. The fourth-order valence-corrected chi connectivity index (χ4v) is 3.59. The number of rotatable bonds is 7. The zero-order valence-corrected chi connectivity index (χ0v) is 17.0. The zero-order chi connectivity index (χ0) is 22.7. The molecule has 1 aromatic carbocycles. The molecule has 2 heterocycles. The van der Waals surface area contributed by atoms with Crippen LogP contribution in [0.25, 0.3) is 0 Å². The van der Waals surface area contributed by atoms with Crippen LogP contribution in [-0.4, -0.2) is 110 Å². The van der Waals surface area contributed by atoms with E-state index in [9.17, 15) is 35.7 Å². The lowest BCUT2D eigenvalue weighted by molar-refractivity contribution is -0.357. The van der Waals surface area contributed by atoms with Gasteiger partial charge in [-0.1, -0.05) is 12.1 Å². The van der Waals surface area contributed by atoms with Gasteiger partial charge in [0.05, 0.1) is 19.3 Å². The van der Waals surface area contributed by atoms with E-state index in [1.807, 2.05) is 0 Å². The third kappa shape index (κ3) is 5.52. The number of hydrogen-bond donors (Lipinski definition) is 7. The number of benzene rings is 1. The number of aliphatic hydroxyl groups excluding tert-OH is 6. The number of phenols is 1. The average molecular weight is 446 g/mol. The molecule has 31 heavy (non-hydrogen) atoms. The predicted molar refractivity (Wildman–Crippen MR) is 103 cm³/mol. The highest BCUT2D eigenvalue weighted by molar-refractivity contribution is 5.25. The number of ether oxygens (including phenoxy) is 4. The second-order valence-electron chi connectivity index (χ2n) is 7.78. The minimum Gasteiger partial charge on any atom is -0.508 e. The molecule has 2 saturated heterocycles. The van der Waals surface area contributed by atoms with Crippen LogP contribution in [0, 0.1) is 0 Å². The van der Waals surface area contributed by atoms with Crippen molar-refractivity contribution in [2.45, 2.75) is 74.8 Å². The first kappa shape index (κ1) is 24.3. The molecule has 0 aromatic heterocycles. The van der Waals surface area contributed by atoms with Crippen molar-refractivity contribution in [3.63, 3.8) is 0 Å². The number of aliphatic hydroxyl groups is 6. The maximum Gasteiger partial charge on any atom is 0.187 e. The van der Waals surface area contributed by atoms with Crippen molar-refractivity contribution in [3.05, 3.63) is 29.8 Å². The topological polar surface area (TPSA) is 179 Å². The maximum atomic E-state index is 10.6. The minimum atomic E-state index is -1.68. The third-order valence-electron chi connectivity index (χ3n) is 5.53. The fraction of sp³-hybridized carbons (Fsp3) is 0.700. The Bertz CT molecular complexity index is 684. The molecule has 0 amide bonds. The Kier molecular flexibility index (Phi) is 8.21. The molecule has 2 fully saturated rings. The Hall–Kier alpha value is -1.38. The predicted octanol–water partition coefficient (Wildman–Crippen LogP) is -2.40. The summed E-state index contributed by atoms with van der Waals surface area (Å²) >= 11 is 0. The van der Waals surface area contributed by atoms with Crippen LogP contribution in [-0.2, 0) is 25.4 Å². The molecule has 11 heteroatoms. The first-order valence-electron chi connectivity index (χ1n) is 10.1. The summed E-state index contributed by atoms with van der Waals surface area (Å²) in [6.45, 7) is 1.09. The molecule has 0 spiro atoms. The Labute approximate surface area is 179 Å². The molecule has 11 nitrogen and oxygen atoms in total. The van der Waals surface area contributed by atoms with Crippen molar-refractivity contribution in [1.82, 2.24) is 0 Å². The smallest absolute Gasteiger partial charge is 0.187 e. The number of hydrogen-bond acceptors (Lipinski definition) is 11. The Morgan fingerprint density at radius 1 is 0.839 bits per heavy atom. The van der Waals surface area contributed by atoms with E-state index < -0.39 is 68.0 Å². The van der Waals surface area contributed by atoms with Crippen molar-refractivity contribution >= 4 is 0 Å². The van der Waals surface area contributed by atoms with Crippen molar-refractivity contribution in [2.24, 2.45) is 0 Å². The fourth-order valence-electron chi connectivity index (χ4n) is 3.59. The summed E-state index contributed by atoms with van der Waals surface area (Å²) in [7, 11) is 0. The molecule has 0 radical (unpaired) electrons. The van der Waals surface area contributed by atoms with Gasteiger partial charge in [-0.3, -0.25) is 0 Å². The Balaban J connectivity index is 1.62. The molecule has 1 aromatic rings. The highest BCUT2D eigenvalue weighted by Gasteiger charge is 2.50.